The van der Waals surface area contributed by atoms with Gasteiger partial charge < -0.3 is 10.1 Å². The molecule has 0 spiro atoms. The third-order valence-electron chi connectivity index (χ3n) is 4.55. The monoisotopic (exact) mass is 319 g/mol. The molecule has 0 amide bonds. The Morgan fingerprint density at radius 3 is 2.88 bits per heavy atom. The molecule has 0 saturated heterocycles. The molecule has 0 unspecified atom stereocenters. The summed E-state index contributed by atoms with van der Waals surface area (Å²) in [7, 11) is 1.40. The molecule has 4 nitrogen and oxygen atoms in total. The number of aryl methyl sites for hydroxylation is 1. The van der Waals surface area contributed by atoms with Gasteiger partial charge in [-0.15, -0.1) is 0 Å². The standard InChI is InChI=1S/C20H18N2O2/c1-24-20(23)13-6-4-7-14(12-13)21-19-15-8-2-3-10-17(15)22-18-11-5-9-16(18)19/h2-4,6-8,10,12H,5,9,11H2,1H3,(H,21,22)/p+1. The van der Waals surface area contributed by atoms with Gasteiger partial charge in [0.1, 0.15) is 0 Å². The van der Waals surface area contributed by atoms with Crippen molar-refractivity contribution in [1.82, 2.24) is 0 Å². The summed E-state index contributed by atoms with van der Waals surface area (Å²) in [5.41, 5.74) is 6.36. The van der Waals surface area contributed by atoms with Crippen LogP contribution in [0.5, 0.6) is 0 Å². The third-order valence-corrected chi connectivity index (χ3v) is 4.55. The highest BCUT2D eigenvalue weighted by Gasteiger charge is 2.24. The van der Waals surface area contributed by atoms with E-state index in [1.54, 1.807) is 6.07 Å². The molecule has 3 aromatic rings. The molecule has 1 aliphatic carbocycles. The van der Waals surface area contributed by atoms with Gasteiger partial charge in [0.25, 0.3) is 0 Å². The van der Waals surface area contributed by atoms with E-state index in [-0.39, 0.29) is 5.97 Å². The summed E-state index contributed by atoms with van der Waals surface area (Å²) in [6, 6.07) is 15.7. The average Bonchev–Trinajstić information content (AvgIpc) is 3.09. The van der Waals surface area contributed by atoms with Crippen molar-refractivity contribution in [3.05, 3.63) is 65.4 Å². The molecule has 2 aromatic carbocycles. The fraction of sp³-hybridized carbons (Fsp3) is 0.200. The van der Waals surface area contributed by atoms with Gasteiger partial charge in [0, 0.05) is 23.7 Å². The minimum Gasteiger partial charge on any atom is -0.465 e. The summed E-state index contributed by atoms with van der Waals surface area (Å²) in [6.45, 7) is 0. The van der Waals surface area contributed by atoms with Gasteiger partial charge in [0.15, 0.2) is 5.69 Å². The summed E-state index contributed by atoms with van der Waals surface area (Å²) >= 11 is 0. The van der Waals surface area contributed by atoms with E-state index in [4.69, 9.17) is 4.74 Å². The van der Waals surface area contributed by atoms with Gasteiger partial charge in [0.05, 0.1) is 23.7 Å². The number of hydrogen-bond acceptors (Lipinski definition) is 3. The van der Waals surface area contributed by atoms with Gasteiger partial charge in [-0.05, 0) is 37.1 Å². The van der Waals surface area contributed by atoms with Crippen molar-refractivity contribution in [2.24, 2.45) is 0 Å². The second kappa shape index (κ2) is 5.96. The number of pyridine rings is 1. The van der Waals surface area contributed by atoms with Crippen molar-refractivity contribution < 1.29 is 14.5 Å². The molecule has 0 atom stereocenters. The SMILES string of the molecule is COC(=O)c1cccc(Nc2c3c([nH+]c4ccccc24)CCC3)c1. The van der Waals surface area contributed by atoms with Gasteiger partial charge in [0.2, 0.25) is 5.52 Å². The van der Waals surface area contributed by atoms with Crippen LogP contribution in [0.3, 0.4) is 0 Å². The highest BCUT2D eigenvalue weighted by atomic mass is 16.5. The number of methoxy groups -OCH3 is 1. The van der Waals surface area contributed by atoms with E-state index in [1.807, 2.05) is 30.3 Å². The van der Waals surface area contributed by atoms with E-state index in [9.17, 15) is 4.79 Å². The van der Waals surface area contributed by atoms with E-state index in [2.05, 4.69) is 22.4 Å². The molecule has 0 aliphatic heterocycles. The lowest BCUT2D eigenvalue weighted by Crippen LogP contribution is -2.14. The molecule has 4 heteroatoms. The number of hydrogen-bond donors (Lipinski definition) is 1. The van der Waals surface area contributed by atoms with Crippen molar-refractivity contribution in [2.45, 2.75) is 19.3 Å². The molecule has 120 valence electrons. The van der Waals surface area contributed by atoms with Crippen molar-refractivity contribution >= 4 is 28.2 Å². The Hall–Kier alpha value is -2.88. The van der Waals surface area contributed by atoms with Crippen molar-refractivity contribution in [3.8, 4) is 0 Å². The first-order valence-corrected chi connectivity index (χ1v) is 8.17. The Kier molecular flexibility index (Phi) is 3.65. The third kappa shape index (κ3) is 2.50. The first-order chi connectivity index (χ1) is 11.8. The van der Waals surface area contributed by atoms with Gasteiger partial charge in [-0.25, -0.2) is 9.78 Å². The summed E-state index contributed by atoms with van der Waals surface area (Å²) in [5, 5.41) is 4.71. The normalized spacial score (nSPS) is 12.9. The first kappa shape index (κ1) is 14.7. The number of rotatable bonds is 3. The number of aromatic nitrogens is 1. The number of nitrogens with one attached hydrogen (secondary N) is 2. The van der Waals surface area contributed by atoms with E-state index >= 15 is 0 Å². The van der Waals surface area contributed by atoms with E-state index in [1.165, 1.54) is 30.2 Å². The molecule has 4 rings (SSSR count). The lowest BCUT2D eigenvalue weighted by atomic mass is 10.1. The van der Waals surface area contributed by atoms with Crippen LogP contribution in [-0.2, 0) is 17.6 Å². The second-order valence-electron chi connectivity index (χ2n) is 6.05. The minimum atomic E-state index is -0.324. The van der Waals surface area contributed by atoms with E-state index in [0.29, 0.717) is 5.56 Å². The molecule has 0 radical (unpaired) electrons. The molecule has 0 fully saturated rings. The molecular formula is C20H19N2O2+. The van der Waals surface area contributed by atoms with Gasteiger partial charge in [-0.1, -0.05) is 18.2 Å². The van der Waals surface area contributed by atoms with Crippen molar-refractivity contribution in [1.29, 1.82) is 0 Å². The van der Waals surface area contributed by atoms with Crippen LogP contribution in [0.1, 0.15) is 28.0 Å². The zero-order valence-electron chi connectivity index (χ0n) is 13.6. The number of para-hydroxylation sites is 1. The number of fused-ring (bicyclic) bond motifs is 2. The Morgan fingerprint density at radius 2 is 2.00 bits per heavy atom. The molecular weight excluding hydrogens is 300 g/mol. The molecule has 0 bridgehead atoms. The molecule has 24 heavy (non-hydrogen) atoms. The first-order valence-electron chi connectivity index (χ1n) is 8.17. The largest absolute Gasteiger partial charge is 0.465 e. The van der Waals surface area contributed by atoms with Crippen LogP contribution in [0.15, 0.2) is 48.5 Å². The predicted octanol–water partition coefficient (Wildman–Crippen LogP) is 3.67. The fourth-order valence-electron chi connectivity index (χ4n) is 3.42. The Bertz CT molecular complexity index is 934. The predicted molar refractivity (Wildman–Crippen MR) is 93.6 cm³/mol. The van der Waals surface area contributed by atoms with E-state index in [0.717, 1.165) is 29.7 Å². The molecule has 1 aromatic heterocycles. The number of esters is 1. The summed E-state index contributed by atoms with van der Waals surface area (Å²) in [4.78, 5) is 15.3. The molecule has 0 saturated carbocycles. The maximum atomic E-state index is 11.8. The van der Waals surface area contributed by atoms with Crippen LogP contribution in [0.25, 0.3) is 10.9 Å². The lowest BCUT2D eigenvalue weighted by Gasteiger charge is -2.12. The van der Waals surface area contributed by atoms with Gasteiger partial charge in [-0.3, -0.25) is 0 Å². The van der Waals surface area contributed by atoms with Crippen LogP contribution in [0.2, 0.25) is 0 Å². The lowest BCUT2D eigenvalue weighted by molar-refractivity contribution is -0.356. The molecule has 1 heterocycles. The molecule has 1 aliphatic rings. The van der Waals surface area contributed by atoms with Crippen LogP contribution in [0, 0.1) is 0 Å². The summed E-state index contributed by atoms with van der Waals surface area (Å²) < 4.78 is 4.81. The number of carbonyl (C=O) groups is 1. The number of anilines is 2. The second-order valence-corrected chi connectivity index (χ2v) is 6.05. The molecule has 2 N–H and O–H groups in total. The topological polar surface area (TPSA) is 52.5 Å². The number of aromatic amines is 1. The van der Waals surface area contributed by atoms with Crippen molar-refractivity contribution in [2.75, 3.05) is 12.4 Å². The number of H-pyrrole nitrogens is 1. The van der Waals surface area contributed by atoms with Crippen LogP contribution in [0.4, 0.5) is 11.4 Å². The number of carbonyl (C=O) groups excluding carboxylic acids is 1. The Labute approximate surface area is 140 Å². The quantitative estimate of drug-likeness (QED) is 0.749. The maximum absolute atomic E-state index is 11.8. The van der Waals surface area contributed by atoms with Crippen LogP contribution in [-0.4, -0.2) is 13.1 Å². The minimum absolute atomic E-state index is 0.324. The Morgan fingerprint density at radius 1 is 1.12 bits per heavy atom. The fourth-order valence-corrected chi connectivity index (χ4v) is 3.42. The maximum Gasteiger partial charge on any atom is 0.337 e. The number of benzene rings is 2. The zero-order valence-corrected chi connectivity index (χ0v) is 13.6. The summed E-state index contributed by atoms with van der Waals surface area (Å²) in [5.74, 6) is -0.324. The highest BCUT2D eigenvalue weighted by molar-refractivity contribution is 5.95. The van der Waals surface area contributed by atoms with Gasteiger partial charge >= 0.3 is 5.97 Å². The summed E-state index contributed by atoms with van der Waals surface area (Å²) in [6.07, 6.45) is 3.31. The van der Waals surface area contributed by atoms with Crippen LogP contribution < -0.4 is 10.3 Å². The van der Waals surface area contributed by atoms with Crippen LogP contribution >= 0.6 is 0 Å². The van der Waals surface area contributed by atoms with Gasteiger partial charge in [-0.2, -0.15) is 0 Å². The average molecular weight is 319 g/mol. The highest BCUT2D eigenvalue weighted by Crippen LogP contribution is 2.34. The smallest absolute Gasteiger partial charge is 0.337 e. The number of ether oxygens (including phenoxy) is 1. The zero-order chi connectivity index (χ0) is 16.5. The van der Waals surface area contributed by atoms with Crippen molar-refractivity contribution in [3.63, 3.8) is 0 Å². The Balaban J connectivity index is 1.81. The van der Waals surface area contributed by atoms with E-state index < -0.39 is 0 Å².